The Kier molecular flexibility index (Phi) is 6.44. The number of fused-ring (bicyclic) bond motifs is 10. The average Bonchev–Trinajstić information content (AvgIpc) is 3.92. The van der Waals surface area contributed by atoms with Crippen LogP contribution in [0.4, 0.5) is 0 Å². The van der Waals surface area contributed by atoms with Crippen molar-refractivity contribution in [1.29, 1.82) is 0 Å². The summed E-state index contributed by atoms with van der Waals surface area (Å²) in [4.78, 5) is 16.1. The first-order valence-electron chi connectivity index (χ1n) is 18.4. The molecule has 4 heterocycles. The SMILES string of the molecule is c1ccc(-c2nc(-c3c(-n4c5ccccc5c5cc6ccccc6cc54)ccc4oc5ccccc5c34)nc(-c3cccc4sc5ccccc5c34)n2)cc1. The summed E-state index contributed by atoms with van der Waals surface area (Å²) in [7, 11) is 0. The molecule has 0 aliphatic carbocycles. The van der Waals surface area contributed by atoms with Crippen molar-refractivity contribution in [3.63, 3.8) is 0 Å². The summed E-state index contributed by atoms with van der Waals surface area (Å²) in [5, 5.41) is 9.09. The molecule has 0 saturated carbocycles. The van der Waals surface area contributed by atoms with Gasteiger partial charge in [0.15, 0.2) is 17.5 Å². The molecule has 0 aliphatic rings. The molecule has 0 aliphatic heterocycles. The van der Waals surface area contributed by atoms with E-state index in [1.807, 2.05) is 30.3 Å². The van der Waals surface area contributed by atoms with Crippen molar-refractivity contribution in [2.24, 2.45) is 0 Å². The van der Waals surface area contributed by atoms with Crippen molar-refractivity contribution in [3.8, 4) is 39.9 Å². The molecule has 0 spiro atoms. The normalized spacial score (nSPS) is 12.0. The van der Waals surface area contributed by atoms with Crippen molar-refractivity contribution >= 4 is 86.0 Å². The summed E-state index contributed by atoms with van der Waals surface area (Å²) in [5.74, 6) is 1.82. The van der Waals surface area contributed by atoms with Crippen molar-refractivity contribution in [2.45, 2.75) is 0 Å². The predicted octanol–water partition coefficient (Wildman–Crippen LogP) is 13.4. The number of hydrogen-bond donors (Lipinski definition) is 0. The fraction of sp³-hybridized carbons (Fsp3) is 0. The van der Waals surface area contributed by atoms with E-state index >= 15 is 0 Å². The highest BCUT2D eigenvalue weighted by atomic mass is 32.1. The second-order valence-corrected chi connectivity index (χ2v) is 15.0. The first kappa shape index (κ1) is 30.3. The topological polar surface area (TPSA) is 56.7 Å². The molecule has 12 aromatic rings. The van der Waals surface area contributed by atoms with E-state index in [0.717, 1.165) is 60.7 Å². The lowest BCUT2D eigenvalue weighted by Gasteiger charge is -2.16. The number of para-hydroxylation sites is 2. The van der Waals surface area contributed by atoms with E-state index in [4.69, 9.17) is 19.4 Å². The molecule has 0 unspecified atom stereocenters. The summed E-state index contributed by atoms with van der Waals surface area (Å²) in [6.07, 6.45) is 0. The standard InChI is InChI=1S/C49H28N4OS/c1-2-13-29(14-3-1)47-50-48(35-20-12-24-43-44(35)34-19-8-11-23-42(34)55-43)52-49(51-47)46-38(25-26-41-45(46)33-18-7-10-22-40(33)54-41)53-37-21-9-6-17-32(37)36-27-30-15-4-5-16-31(30)28-39(36)53/h1-28H. The maximum absolute atomic E-state index is 6.57. The van der Waals surface area contributed by atoms with Gasteiger partial charge >= 0.3 is 0 Å². The van der Waals surface area contributed by atoms with Gasteiger partial charge in [0.1, 0.15) is 11.2 Å². The molecule has 256 valence electrons. The van der Waals surface area contributed by atoms with E-state index in [1.165, 1.54) is 36.3 Å². The first-order chi connectivity index (χ1) is 27.3. The summed E-state index contributed by atoms with van der Waals surface area (Å²) < 4.78 is 11.4. The van der Waals surface area contributed by atoms with Gasteiger partial charge in [-0.15, -0.1) is 11.3 Å². The van der Waals surface area contributed by atoms with E-state index < -0.39 is 0 Å². The molecule has 12 rings (SSSR count). The Bertz CT molecular complexity index is 3500. The second kappa shape index (κ2) is 11.7. The van der Waals surface area contributed by atoms with Gasteiger partial charge in [0, 0.05) is 52.8 Å². The Hall–Kier alpha value is -7.15. The van der Waals surface area contributed by atoms with Gasteiger partial charge in [0.25, 0.3) is 0 Å². The third kappa shape index (κ3) is 4.55. The van der Waals surface area contributed by atoms with Crippen LogP contribution in [0.1, 0.15) is 0 Å². The van der Waals surface area contributed by atoms with Crippen LogP contribution in [0.15, 0.2) is 174 Å². The van der Waals surface area contributed by atoms with E-state index in [1.54, 1.807) is 11.3 Å². The maximum Gasteiger partial charge on any atom is 0.166 e. The van der Waals surface area contributed by atoms with Crippen molar-refractivity contribution in [2.75, 3.05) is 0 Å². The third-order valence-corrected chi connectivity index (χ3v) is 12.0. The summed E-state index contributed by atoms with van der Waals surface area (Å²) in [6, 6.07) is 59.6. The van der Waals surface area contributed by atoms with E-state index in [0.29, 0.717) is 17.5 Å². The quantitative estimate of drug-likeness (QED) is 0.182. The van der Waals surface area contributed by atoms with E-state index in [9.17, 15) is 0 Å². The van der Waals surface area contributed by atoms with Crippen LogP contribution in [-0.2, 0) is 0 Å². The number of aromatic nitrogens is 4. The minimum Gasteiger partial charge on any atom is -0.456 e. The highest BCUT2D eigenvalue weighted by molar-refractivity contribution is 7.25. The van der Waals surface area contributed by atoms with Crippen LogP contribution in [0.2, 0.25) is 0 Å². The Morgan fingerprint density at radius 1 is 0.436 bits per heavy atom. The lowest BCUT2D eigenvalue weighted by Crippen LogP contribution is -2.04. The zero-order chi connectivity index (χ0) is 36.0. The molecular weight excluding hydrogens is 693 g/mol. The van der Waals surface area contributed by atoms with Crippen LogP contribution < -0.4 is 0 Å². The molecule has 0 amide bonds. The van der Waals surface area contributed by atoms with Crippen LogP contribution in [0, 0.1) is 0 Å². The maximum atomic E-state index is 6.57. The molecule has 0 atom stereocenters. The number of thiophene rings is 1. The Labute approximate surface area is 318 Å². The Morgan fingerprint density at radius 2 is 1.13 bits per heavy atom. The van der Waals surface area contributed by atoms with Crippen LogP contribution in [0.5, 0.6) is 0 Å². The lowest BCUT2D eigenvalue weighted by molar-refractivity contribution is 0.669. The number of furan rings is 1. The minimum atomic E-state index is 0.583. The molecule has 8 aromatic carbocycles. The van der Waals surface area contributed by atoms with Crippen molar-refractivity contribution < 1.29 is 4.42 Å². The number of rotatable bonds is 4. The molecule has 55 heavy (non-hydrogen) atoms. The zero-order valence-corrected chi connectivity index (χ0v) is 30.1. The van der Waals surface area contributed by atoms with Gasteiger partial charge in [-0.3, -0.25) is 0 Å². The fourth-order valence-electron chi connectivity index (χ4n) is 8.42. The van der Waals surface area contributed by atoms with Crippen LogP contribution in [-0.4, -0.2) is 19.5 Å². The number of hydrogen-bond acceptors (Lipinski definition) is 5. The summed E-state index contributed by atoms with van der Waals surface area (Å²) in [6.45, 7) is 0. The molecule has 4 aromatic heterocycles. The van der Waals surface area contributed by atoms with Gasteiger partial charge in [-0.2, -0.15) is 0 Å². The Balaban J connectivity index is 1.24. The molecule has 0 saturated heterocycles. The van der Waals surface area contributed by atoms with Crippen molar-refractivity contribution in [1.82, 2.24) is 19.5 Å². The van der Waals surface area contributed by atoms with Gasteiger partial charge in [0.05, 0.1) is 22.3 Å². The monoisotopic (exact) mass is 720 g/mol. The van der Waals surface area contributed by atoms with E-state index in [2.05, 4.69) is 144 Å². The van der Waals surface area contributed by atoms with Gasteiger partial charge in [-0.25, -0.2) is 15.0 Å². The van der Waals surface area contributed by atoms with Gasteiger partial charge in [-0.05, 0) is 59.3 Å². The molecule has 0 bridgehead atoms. The van der Waals surface area contributed by atoms with Gasteiger partial charge < -0.3 is 8.98 Å². The first-order valence-corrected chi connectivity index (χ1v) is 19.2. The average molecular weight is 721 g/mol. The molecule has 0 fully saturated rings. The van der Waals surface area contributed by atoms with Crippen molar-refractivity contribution in [3.05, 3.63) is 170 Å². The molecule has 0 radical (unpaired) electrons. The largest absolute Gasteiger partial charge is 0.456 e. The number of benzene rings is 8. The van der Waals surface area contributed by atoms with Gasteiger partial charge in [0.2, 0.25) is 0 Å². The third-order valence-electron chi connectivity index (χ3n) is 10.8. The summed E-state index contributed by atoms with van der Waals surface area (Å²) in [5.41, 5.74) is 7.57. The second-order valence-electron chi connectivity index (χ2n) is 13.9. The molecule has 0 N–H and O–H groups in total. The smallest absolute Gasteiger partial charge is 0.166 e. The Morgan fingerprint density at radius 3 is 2.02 bits per heavy atom. The summed E-state index contributed by atoms with van der Waals surface area (Å²) >= 11 is 1.79. The van der Waals surface area contributed by atoms with E-state index in [-0.39, 0.29) is 0 Å². The van der Waals surface area contributed by atoms with Gasteiger partial charge in [-0.1, -0.05) is 121 Å². The highest BCUT2D eigenvalue weighted by Gasteiger charge is 2.25. The molecule has 6 heteroatoms. The molecular formula is C49H28N4OS. The van der Waals surface area contributed by atoms with Crippen LogP contribution in [0.3, 0.4) is 0 Å². The fourth-order valence-corrected chi connectivity index (χ4v) is 9.55. The molecule has 5 nitrogen and oxygen atoms in total. The van der Waals surface area contributed by atoms with Crippen LogP contribution >= 0.6 is 11.3 Å². The minimum absolute atomic E-state index is 0.583. The van der Waals surface area contributed by atoms with Crippen LogP contribution in [0.25, 0.3) is 115 Å². The predicted molar refractivity (Wildman–Crippen MR) is 228 cm³/mol. The highest BCUT2D eigenvalue weighted by Crippen LogP contribution is 2.45. The number of nitrogens with zero attached hydrogens (tertiary/aromatic N) is 4. The lowest BCUT2D eigenvalue weighted by atomic mass is 10.0. The zero-order valence-electron chi connectivity index (χ0n) is 29.3.